The second kappa shape index (κ2) is 34.4. The minimum atomic E-state index is 1.03. The Kier molecular flexibility index (Phi) is 20.3. The minimum absolute atomic E-state index is 1.03. The van der Waals surface area contributed by atoms with Crippen molar-refractivity contribution >= 4 is 110 Å². The van der Waals surface area contributed by atoms with Gasteiger partial charge >= 0.3 is 0 Å². The quantitative estimate of drug-likeness (QED) is 0.0750. The van der Waals surface area contributed by atoms with Crippen molar-refractivity contribution in [2.75, 3.05) is 9.80 Å². The van der Waals surface area contributed by atoms with Crippen LogP contribution in [0.4, 0.5) is 34.1 Å². The van der Waals surface area contributed by atoms with Gasteiger partial charge in [0.2, 0.25) is 0 Å². The summed E-state index contributed by atoms with van der Waals surface area (Å²) in [6.45, 7) is 0. The third-order valence-electron chi connectivity index (χ3n) is 27.4. The standard InChI is InChI=1S/C132H88N4/c1-6-31-89(32-7-1)104-81-105(83-106(82-104)94-67-72-111(73-68-94)133(112-74-69-97(70-75-112)117-53-28-39-95-37-16-18-48-115(95)117)125-56-23-20-50-119(125)99-40-26-42-101(79-99)121-54-29-59-128-131(121)123-51-21-24-57-126(123)135(128)109-44-12-4-13-45-109)93-63-61-92(62-64-93)98-71-77-120(100-41-27-43-102(80-100)122-55-30-60-129-132(122)124-52-22-25-58-127(124)136(129)110-46-14-5-15-47-110)130(88-98)134(113-76-78-118-103(85-113)66-65-96-38-17-19-49-116(96)118)114-86-107(90-33-8-2-9-34-90)84-108(87-114)91-35-10-3-11-36-91/h1-88H. The van der Waals surface area contributed by atoms with Gasteiger partial charge in [-0.2, -0.15) is 0 Å². The lowest BCUT2D eigenvalue weighted by atomic mass is 9.91. The van der Waals surface area contributed by atoms with E-state index in [2.05, 4.69) is 553 Å². The topological polar surface area (TPSA) is 16.3 Å². The first-order valence-corrected chi connectivity index (χ1v) is 46.8. The van der Waals surface area contributed by atoms with Gasteiger partial charge in [0.1, 0.15) is 0 Å². The van der Waals surface area contributed by atoms with Crippen LogP contribution in [-0.2, 0) is 0 Å². The Morgan fingerprint density at radius 2 is 0.449 bits per heavy atom. The Balaban J connectivity index is 0.620. The first-order chi connectivity index (χ1) is 67.4. The zero-order valence-corrected chi connectivity index (χ0v) is 74.6. The lowest BCUT2D eigenvalue weighted by molar-refractivity contribution is 1.18. The Morgan fingerprint density at radius 1 is 0.132 bits per heavy atom. The molecule has 636 valence electrons. The van der Waals surface area contributed by atoms with Crippen LogP contribution in [0.25, 0.3) is 210 Å². The summed E-state index contributed by atoms with van der Waals surface area (Å²) in [6, 6.07) is 197. The number of benzene rings is 23. The molecular weight excluding hydrogens is 1640 g/mol. The van der Waals surface area contributed by atoms with Gasteiger partial charge in [0.15, 0.2) is 0 Å². The third kappa shape index (κ3) is 14.6. The number of aromatic nitrogens is 2. The molecule has 2 heterocycles. The molecule has 0 amide bonds. The van der Waals surface area contributed by atoms with Crippen molar-refractivity contribution in [3.63, 3.8) is 0 Å². The predicted molar refractivity (Wildman–Crippen MR) is 577 cm³/mol. The van der Waals surface area contributed by atoms with Crippen molar-refractivity contribution in [2.45, 2.75) is 0 Å². The normalized spacial score (nSPS) is 11.5. The molecule has 0 aliphatic rings. The van der Waals surface area contributed by atoms with Crippen LogP contribution in [0.15, 0.2) is 534 Å². The summed E-state index contributed by atoms with van der Waals surface area (Å²) < 4.78 is 4.82. The number of para-hydroxylation sites is 5. The molecule has 23 aromatic carbocycles. The highest BCUT2D eigenvalue weighted by Gasteiger charge is 2.27. The van der Waals surface area contributed by atoms with E-state index in [1.807, 2.05) is 0 Å². The highest BCUT2D eigenvalue weighted by atomic mass is 15.2. The van der Waals surface area contributed by atoms with E-state index in [0.717, 1.165) is 162 Å². The first kappa shape index (κ1) is 80.1. The average Bonchev–Trinajstić information content (AvgIpc) is 1.62. The van der Waals surface area contributed by atoms with Crippen molar-refractivity contribution in [2.24, 2.45) is 0 Å². The van der Waals surface area contributed by atoms with Crippen molar-refractivity contribution in [3.05, 3.63) is 534 Å². The Bertz CT molecular complexity index is 8800. The summed E-state index contributed by atoms with van der Waals surface area (Å²) in [5.41, 5.74) is 38.1. The molecule has 4 heteroatoms. The maximum absolute atomic E-state index is 2.53. The molecule has 0 aliphatic carbocycles. The van der Waals surface area contributed by atoms with E-state index in [-0.39, 0.29) is 0 Å². The van der Waals surface area contributed by atoms with Crippen LogP contribution in [0, 0.1) is 0 Å². The van der Waals surface area contributed by atoms with E-state index in [0.29, 0.717) is 0 Å². The molecular formula is C132H88N4. The summed E-state index contributed by atoms with van der Waals surface area (Å²) in [4.78, 5) is 4.97. The van der Waals surface area contributed by atoms with E-state index in [4.69, 9.17) is 0 Å². The van der Waals surface area contributed by atoms with Crippen molar-refractivity contribution < 1.29 is 0 Å². The minimum Gasteiger partial charge on any atom is -0.310 e. The molecule has 0 spiro atoms. The zero-order valence-electron chi connectivity index (χ0n) is 74.6. The van der Waals surface area contributed by atoms with Gasteiger partial charge in [-0.05, 0) is 289 Å². The van der Waals surface area contributed by atoms with Crippen LogP contribution in [0.3, 0.4) is 0 Å². The molecule has 0 atom stereocenters. The second-order valence-corrected chi connectivity index (χ2v) is 35.4. The van der Waals surface area contributed by atoms with E-state index in [9.17, 15) is 0 Å². The molecule has 136 heavy (non-hydrogen) atoms. The number of fused-ring (bicyclic) bond motifs is 10. The summed E-state index contributed by atoms with van der Waals surface area (Å²) in [5, 5.41) is 12.1. The van der Waals surface area contributed by atoms with Crippen LogP contribution < -0.4 is 9.80 Å². The van der Waals surface area contributed by atoms with Crippen LogP contribution in [0.1, 0.15) is 0 Å². The smallest absolute Gasteiger partial charge is 0.0547 e. The SMILES string of the molecule is c1ccc(-c2cc(-c3ccc(-c4ccc(-c5cccc(-c6cccc7c6c6ccccc6n7-c6ccccc6)c5)c(N(c5cc(-c6ccccc6)cc(-c6ccccc6)c5)c5ccc6c(ccc7ccccc76)c5)c4)cc3)cc(-c3ccc(N(c4ccc(-c5cccc6ccccc56)cc4)c4ccccc4-c4cccc(-c5cccc6c5c5ccccc5n6-c5ccccc5)c4)cc3)c2)cc1. The predicted octanol–water partition coefficient (Wildman–Crippen LogP) is 36.6. The lowest BCUT2D eigenvalue weighted by Gasteiger charge is -2.30. The summed E-state index contributed by atoms with van der Waals surface area (Å²) in [6.07, 6.45) is 0. The fourth-order valence-corrected chi connectivity index (χ4v) is 21.0. The van der Waals surface area contributed by atoms with Crippen molar-refractivity contribution in [3.8, 4) is 134 Å². The molecule has 4 nitrogen and oxygen atoms in total. The van der Waals surface area contributed by atoms with Gasteiger partial charge in [-0.3, -0.25) is 0 Å². The summed E-state index contributed by atoms with van der Waals surface area (Å²) in [5.74, 6) is 0. The molecule has 2 aromatic heterocycles. The van der Waals surface area contributed by atoms with Gasteiger partial charge in [-0.15, -0.1) is 0 Å². The van der Waals surface area contributed by atoms with E-state index >= 15 is 0 Å². The van der Waals surface area contributed by atoms with Gasteiger partial charge in [0, 0.05) is 66.8 Å². The Labute approximate surface area is 791 Å². The first-order valence-electron chi connectivity index (χ1n) is 46.8. The molecule has 0 bridgehead atoms. The molecule has 0 saturated heterocycles. The largest absolute Gasteiger partial charge is 0.310 e. The lowest BCUT2D eigenvalue weighted by Crippen LogP contribution is -2.12. The Hall–Kier alpha value is -18.0. The fourth-order valence-electron chi connectivity index (χ4n) is 21.0. The average molecular weight is 1730 g/mol. The monoisotopic (exact) mass is 1730 g/mol. The van der Waals surface area contributed by atoms with E-state index in [1.54, 1.807) is 0 Å². The molecule has 0 fully saturated rings. The fraction of sp³-hybridized carbons (Fsp3) is 0. The number of anilines is 6. The van der Waals surface area contributed by atoms with Gasteiger partial charge < -0.3 is 18.9 Å². The molecule has 0 aliphatic heterocycles. The summed E-state index contributed by atoms with van der Waals surface area (Å²) >= 11 is 0. The van der Waals surface area contributed by atoms with E-state index < -0.39 is 0 Å². The van der Waals surface area contributed by atoms with Crippen LogP contribution in [0.2, 0.25) is 0 Å². The number of rotatable bonds is 19. The van der Waals surface area contributed by atoms with Gasteiger partial charge in [-0.1, -0.05) is 388 Å². The molecule has 25 aromatic rings. The van der Waals surface area contributed by atoms with Crippen LogP contribution in [-0.4, -0.2) is 9.13 Å². The summed E-state index contributed by atoms with van der Waals surface area (Å²) in [7, 11) is 0. The third-order valence-corrected chi connectivity index (χ3v) is 27.4. The van der Waals surface area contributed by atoms with Crippen LogP contribution in [0.5, 0.6) is 0 Å². The number of hydrogen-bond acceptors (Lipinski definition) is 2. The van der Waals surface area contributed by atoms with Gasteiger partial charge in [-0.25, -0.2) is 0 Å². The van der Waals surface area contributed by atoms with Crippen molar-refractivity contribution in [1.29, 1.82) is 0 Å². The highest BCUT2D eigenvalue weighted by Crippen LogP contribution is 2.51. The van der Waals surface area contributed by atoms with Gasteiger partial charge in [0.25, 0.3) is 0 Å². The molecule has 0 radical (unpaired) electrons. The molecule has 0 N–H and O–H groups in total. The maximum atomic E-state index is 2.53. The van der Waals surface area contributed by atoms with Crippen LogP contribution >= 0.6 is 0 Å². The second-order valence-electron chi connectivity index (χ2n) is 35.4. The Morgan fingerprint density at radius 3 is 0.978 bits per heavy atom. The van der Waals surface area contributed by atoms with Crippen molar-refractivity contribution in [1.82, 2.24) is 9.13 Å². The molecule has 0 unspecified atom stereocenters. The zero-order chi connectivity index (χ0) is 89.9. The molecule has 0 saturated carbocycles. The highest BCUT2D eigenvalue weighted by molar-refractivity contribution is 6.18. The number of nitrogens with zero attached hydrogens (tertiary/aromatic N) is 4. The maximum Gasteiger partial charge on any atom is 0.0547 e. The molecule has 25 rings (SSSR count). The van der Waals surface area contributed by atoms with E-state index in [1.165, 1.54) is 81.7 Å². The number of hydrogen-bond donors (Lipinski definition) is 0. The van der Waals surface area contributed by atoms with Gasteiger partial charge in [0.05, 0.1) is 33.4 Å².